The number of esters is 1. The van der Waals surface area contributed by atoms with Crippen LogP contribution in [0.2, 0.25) is 0 Å². The second-order valence-corrected chi connectivity index (χ2v) is 5.69. The fourth-order valence-electron chi connectivity index (χ4n) is 2.66. The largest absolute Gasteiger partial charge is 0.469 e. The second-order valence-electron chi connectivity index (χ2n) is 5.69. The van der Waals surface area contributed by atoms with Crippen LogP contribution in [0, 0.1) is 0 Å². The lowest BCUT2D eigenvalue weighted by atomic mass is 9.95. The van der Waals surface area contributed by atoms with Crippen molar-refractivity contribution in [1.29, 1.82) is 0 Å². The Hall–Kier alpha value is -2.37. The standard InChI is InChI=1S/C17H22N2O4/c1-23-16(21)11-15(20)18-14-9-5-6-12(10-14)17(22)19-13-7-3-2-4-8-13/h5-6,9-10,13H,2-4,7-8,11H2,1H3,(H,18,20)(H,19,22). The molecule has 1 aliphatic rings. The molecule has 1 fully saturated rings. The van der Waals surface area contributed by atoms with Gasteiger partial charge in [0.1, 0.15) is 6.42 Å². The van der Waals surface area contributed by atoms with Crippen molar-refractivity contribution in [1.82, 2.24) is 5.32 Å². The molecule has 124 valence electrons. The third kappa shape index (κ3) is 5.39. The molecule has 1 aromatic rings. The number of carbonyl (C=O) groups excluding carboxylic acids is 3. The molecule has 0 radical (unpaired) electrons. The number of carbonyl (C=O) groups is 3. The molecule has 0 saturated heterocycles. The average molecular weight is 318 g/mol. The van der Waals surface area contributed by atoms with Crippen LogP contribution in [0.25, 0.3) is 0 Å². The Balaban J connectivity index is 1.94. The van der Waals surface area contributed by atoms with Crippen molar-refractivity contribution in [2.75, 3.05) is 12.4 Å². The smallest absolute Gasteiger partial charge is 0.315 e. The Kier molecular flexibility index (Phi) is 6.14. The Morgan fingerprint density at radius 1 is 1.17 bits per heavy atom. The van der Waals surface area contributed by atoms with Crippen LogP contribution in [0.5, 0.6) is 0 Å². The van der Waals surface area contributed by atoms with Gasteiger partial charge in [-0.15, -0.1) is 0 Å². The summed E-state index contributed by atoms with van der Waals surface area (Å²) < 4.78 is 4.44. The van der Waals surface area contributed by atoms with Gasteiger partial charge in [0.05, 0.1) is 7.11 Å². The fraction of sp³-hybridized carbons (Fsp3) is 0.471. The normalized spacial score (nSPS) is 14.8. The van der Waals surface area contributed by atoms with Crippen LogP contribution in [-0.2, 0) is 14.3 Å². The van der Waals surface area contributed by atoms with Gasteiger partial charge in [0, 0.05) is 17.3 Å². The molecule has 2 N–H and O–H groups in total. The van der Waals surface area contributed by atoms with E-state index in [0.717, 1.165) is 25.7 Å². The number of rotatable bonds is 5. The first kappa shape index (κ1) is 17.0. The molecule has 2 rings (SSSR count). The van der Waals surface area contributed by atoms with E-state index in [1.165, 1.54) is 13.5 Å². The summed E-state index contributed by atoms with van der Waals surface area (Å²) in [6, 6.07) is 6.91. The minimum atomic E-state index is -0.603. The van der Waals surface area contributed by atoms with Crippen LogP contribution in [0.15, 0.2) is 24.3 Å². The van der Waals surface area contributed by atoms with Gasteiger partial charge in [-0.3, -0.25) is 14.4 Å². The Morgan fingerprint density at radius 2 is 1.91 bits per heavy atom. The third-order valence-electron chi connectivity index (χ3n) is 3.88. The van der Waals surface area contributed by atoms with Gasteiger partial charge in [0.2, 0.25) is 5.91 Å². The number of hydrogen-bond donors (Lipinski definition) is 2. The lowest BCUT2D eigenvalue weighted by Crippen LogP contribution is -2.36. The number of methoxy groups -OCH3 is 1. The van der Waals surface area contributed by atoms with Gasteiger partial charge in [-0.2, -0.15) is 0 Å². The highest BCUT2D eigenvalue weighted by molar-refractivity contribution is 6.02. The summed E-state index contributed by atoms with van der Waals surface area (Å²) in [5.74, 6) is -1.21. The molecular weight excluding hydrogens is 296 g/mol. The lowest BCUT2D eigenvalue weighted by Gasteiger charge is -2.22. The summed E-state index contributed by atoms with van der Waals surface area (Å²) in [4.78, 5) is 35.0. The van der Waals surface area contributed by atoms with Crippen molar-refractivity contribution >= 4 is 23.5 Å². The van der Waals surface area contributed by atoms with Crippen molar-refractivity contribution in [2.45, 2.75) is 44.6 Å². The first-order valence-corrected chi connectivity index (χ1v) is 7.86. The van der Waals surface area contributed by atoms with Crippen LogP contribution in [0.4, 0.5) is 5.69 Å². The third-order valence-corrected chi connectivity index (χ3v) is 3.88. The van der Waals surface area contributed by atoms with Crippen LogP contribution in [0.1, 0.15) is 48.9 Å². The van der Waals surface area contributed by atoms with Gasteiger partial charge in [-0.25, -0.2) is 0 Å². The molecule has 0 heterocycles. The zero-order chi connectivity index (χ0) is 16.7. The first-order valence-electron chi connectivity index (χ1n) is 7.86. The zero-order valence-electron chi connectivity index (χ0n) is 13.3. The SMILES string of the molecule is COC(=O)CC(=O)Nc1cccc(C(=O)NC2CCCCC2)c1. The number of anilines is 1. The number of hydrogen-bond acceptors (Lipinski definition) is 4. The van der Waals surface area contributed by atoms with E-state index in [1.807, 2.05) is 0 Å². The quantitative estimate of drug-likeness (QED) is 0.644. The van der Waals surface area contributed by atoms with Crippen molar-refractivity contribution in [3.05, 3.63) is 29.8 Å². The number of amides is 2. The van der Waals surface area contributed by atoms with E-state index in [2.05, 4.69) is 15.4 Å². The van der Waals surface area contributed by atoms with Gasteiger partial charge >= 0.3 is 5.97 Å². The molecule has 2 amide bonds. The molecule has 0 spiro atoms. The maximum absolute atomic E-state index is 12.3. The molecule has 6 heteroatoms. The van der Waals surface area contributed by atoms with E-state index in [0.29, 0.717) is 11.3 Å². The van der Waals surface area contributed by atoms with Crippen LogP contribution >= 0.6 is 0 Å². The molecular formula is C17H22N2O4. The van der Waals surface area contributed by atoms with Gasteiger partial charge in [0.15, 0.2) is 0 Å². The van der Waals surface area contributed by atoms with E-state index in [9.17, 15) is 14.4 Å². The van der Waals surface area contributed by atoms with E-state index in [-0.39, 0.29) is 18.4 Å². The van der Waals surface area contributed by atoms with Gasteiger partial charge < -0.3 is 15.4 Å². The molecule has 23 heavy (non-hydrogen) atoms. The summed E-state index contributed by atoms with van der Waals surface area (Å²) >= 11 is 0. The van der Waals surface area contributed by atoms with E-state index >= 15 is 0 Å². The fourth-order valence-corrected chi connectivity index (χ4v) is 2.66. The Bertz CT molecular complexity index is 580. The monoisotopic (exact) mass is 318 g/mol. The lowest BCUT2D eigenvalue weighted by molar-refractivity contribution is -0.142. The van der Waals surface area contributed by atoms with Crippen LogP contribution in [-0.4, -0.2) is 30.9 Å². The Morgan fingerprint density at radius 3 is 2.61 bits per heavy atom. The minimum absolute atomic E-state index is 0.138. The minimum Gasteiger partial charge on any atom is -0.469 e. The second kappa shape index (κ2) is 8.31. The van der Waals surface area contributed by atoms with Crippen LogP contribution in [0.3, 0.4) is 0 Å². The number of ether oxygens (including phenoxy) is 1. The molecule has 0 aliphatic heterocycles. The van der Waals surface area contributed by atoms with E-state index < -0.39 is 11.9 Å². The van der Waals surface area contributed by atoms with Crippen LogP contribution < -0.4 is 10.6 Å². The maximum Gasteiger partial charge on any atom is 0.315 e. The highest BCUT2D eigenvalue weighted by Gasteiger charge is 2.17. The maximum atomic E-state index is 12.3. The summed E-state index contributed by atoms with van der Waals surface area (Å²) in [7, 11) is 1.23. The average Bonchev–Trinajstić information content (AvgIpc) is 2.55. The van der Waals surface area contributed by atoms with Gasteiger partial charge in [0.25, 0.3) is 5.91 Å². The first-order chi connectivity index (χ1) is 11.1. The molecule has 0 bridgehead atoms. The van der Waals surface area contributed by atoms with Crippen molar-refractivity contribution < 1.29 is 19.1 Å². The molecule has 0 unspecified atom stereocenters. The van der Waals surface area contributed by atoms with Crippen molar-refractivity contribution in [3.8, 4) is 0 Å². The van der Waals surface area contributed by atoms with E-state index in [1.54, 1.807) is 24.3 Å². The van der Waals surface area contributed by atoms with Crippen molar-refractivity contribution in [2.24, 2.45) is 0 Å². The zero-order valence-corrected chi connectivity index (χ0v) is 13.3. The molecule has 0 atom stereocenters. The van der Waals surface area contributed by atoms with Gasteiger partial charge in [-0.1, -0.05) is 25.3 Å². The number of benzene rings is 1. The predicted molar refractivity (Wildman–Crippen MR) is 86.0 cm³/mol. The van der Waals surface area contributed by atoms with Crippen molar-refractivity contribution in [3.63, 3.8) is 0 Å². The molecule has 6 nitrogen and oxygen atoms in total. The summed E-state index contributed by atoms with van der Waals surface area (Å²) in [5.41, 5.74) is 0.974. The molecule has 0 aromatic heterocycles. The molecule has 1 aromatic carbocycles. The summed E-state index contributed by atoms with van der Waals surface area (Å²) in [5, 5.41) is 5.62. The highest BCUT2D eigenvalue weighted by Crippen LogP contribution is 2.18. The highest BCUT2D eigenvalue weighted by atomic mass is 16.5. The molecule has 1 aliphatic carbocycles. The van der Waals surface area contributed by atoms with E-state index in [4.69, 9.17) is 0 Å². The topological polar surface area (TPSA) is 84.5 Å². The molecule has 1 saturated carbocycles. The summed E-state index contributed by atoms with van der Waals surface area (Å²) in [6.45, 7) is 0. The number of nitrogens with one attached hydrogen (secondary N) is 2. The predicted octanol–water partition coefficient (Wildman–Crippen LogP) is 2.25. The summed E-state index contributed by atoms with van der Waals surface area (Å²) in [6.07, 6.45) is 5.20. The Labute approximate surface area is 135 Å². The van der Waals surface area contributed by atoms with Gasteiger partial charge in [-0.05, 0) is 31.0 Å².